The number of hydrogen-bond acceptors (Lipinski definition) is 4. The number of carbonyl (C=O) groups excluding carboxylic acids is 2. The van der Waals surface area contributed by atoms with Gasteiger partial charge in [0.2, 0.25) is 5.91 Å². The molecule has 34 heavy (non-hydrogen) atoms. The molecule has 4 heterocycles. The van der Waals surface area contributed by atoms with Gasteiger partial charge in [0.15, 0.2) is 0 Å². The second kappa shape index (κ2) is 8.20. The van der Waals surface area contributed by atoms with Crippen molar-refractivity contribution in [2.45, 2.75) is 57.0 Å². The standard InChI is InChI=1S/C27H25ClN4O2/c1-16-29-30-27-18(13-26(34)32-20-10-11-21(32)15-22(33)14-20)12-24(17-6-8-19(28)9-7-17)23-4-2-3-5-25(23)31(16)27/h2-9,12,18,20-21H,10-11,13-15H2,1H3/t18-,20?,21?/m0/s1. The van der Waals surface area contributed by atoms with Crippen molar-refractivity contribution < 1.29 is 9.59 Å². The molecule has 3 aliphatic heterocycles. The lowest BCUT2D eigenvalue weighted by molar-refractivity contribution is -0.138. The van der Waals surface area contributed by atoms with E-state index in [-0.39, 0.29) is 29.7 Å². The third-order valence-electron chi connectivity index (χ3n) is 7.37. The van der Waals surface area contributed by atoms with Crippen molar-refractivity contribution in [2.24, 2.45) is 0 Å². The SMILES string of the molecule is Cc1nnc2n1-c1ccccc1C(c1ccc(Cl)cc1)=C[C@H]2CC(=O)N1C2CCC1CC(=O)C2. The summed E-state index contributed by atoms with van der Waals surface area (Å²) in [5.74, 6) is 1.68. The van der Waals surface area contributed by atoms with Gasteiger partial charge in [-0.3, -0.25) is 14.2 Å². The Morgan fingerprint density at radius 2 is 1.74 bits per heavy atom. The fourth-order valence-electron chi connectivity index (χ4n) is 5.88. The van der Waals surface area contributed by atoms with Crippen molar-refractivity contribution in [3.8, 4) is 5.69 Å². The van der Waals surface area contributed by atoms with Crippen LogP contribution in [0.2, 0.25) is 5.02 Å². The molecule has 1 aromatic heterocycles. The van der Waals surface area contributed by atoms with E-state index in [0.717, 1.165) is 46.9 Å². The first-order chi connectivity index (χ1) is 16.5. The van der Waals surface area contributed by atoms with E-state index >= 15 is 0 Å². The van der Waals surface area contributed by atoms with Gasteiger partial charge >= 0.3 is 0 Å². The summed E-state index contributed by atoms with van der Waals surface area (Å²) >= 11 is 6.17. The summed E-state index contributed by atoms with van der Waals surface area (Å²) in [7, 11) is 0. The molecule has 0 spiro atoms. The monoisotopic (exact) mass is 472 g/mol. The van der Waals surface area contributed by atoms with E-state index in [1.807, 2.05) is 48.2 Å². The molecule has 2 bridgehead atoms. The molecular weight excluding hydrogens is 448 g/mol. The van der Waals surface area contributed by atoms with Crippen LogP contribution in [0, 0.1) is 6.92 Å². The molecule has 3 aromatic rings. The van der Waals surface area contributed by atoms with Crippen LogP contribution in [0.5, 0.6) is 0 Å². The maximum Gasteiger partial charge on any atom is 0.224 e. The fraction of sp³-hybridized carbons (Fsp3) is 0.333. The molecular formula is C27H25ClN4O2. The normalized spacial score (nSPS) is 23.2. The van der Waals surface area contributed by atoms with Crippen LogP contribution in [0.1, 0.15) is 60.8 Å². The number of nitrogens with zero attached hydrogens (tertiary/aromatic N) is 4. The van der Waals surface area contributed by atoms with E-state index in [9.17, 15) is 9.59 Å². The number of ketones is 1. The van der Waals surface area contributed by atoms with Crippen molar-refractivity contribution in [3.05, 3.63) is 82.4 Å². The Balaban J connectivity index is 1.44. The molecule has 2 aromatic carbocycles. The molecule has 3 aliphatic rings. The highest BCUT2D eigenvalue weighted by Gasteiger charge is 2.43. The lowest BCUT2D eigenvalue weighted by Crippen LogP contribution is -2.47. The van der Waals surface area contributed by atoms with Crippen LogP contribution in [0.3, 0.4) is 0 Å². The largest absolute Gasteiger partial charge is 0.336 e. The minimum atomic E-state index is -0.246. The van der Waals surface area contributed by atoms with Crippen LogP contribution in [-0.4, -0.2) is 43.4 Å². The highest BCUT2D eigenvalue weighted by atomic mass is 35.5. The smallest absolute Gasteiger partial charge is 0.224 e. The van der Waals surface area contributed by atoms with Gasteiger partial charge in [-0.1, -0.05) is 48.0 Å². The number of benzene rings is 2. The Hall–Kier alpha value is -3.25. The topological polar surface area (TPSA) is 68.1 Å². The van der Waals surface area contributed by atoms with Crippen LogP contribution in [-0.2, 0) is 9.59 Å². The zero-order valence-electron chi connectivity index (χ0n) is 18.9. The summed E-state index contributed by atoms with van der Waals surface area (Å²) in [6, 6.07) is 16.1. The molecule has 3 atom stereocenters. The van der Waals surface area contributed by atoms with Gasteiger partial charge in [-0.2, -0.15) is 0 Å². The van der Waals surface area contributed by atoms with Crippen LogP contribution >= 0.6 is 11.6 Å². The Morgan fingerprint density at radius 3 is 2.47 bits per heavy atom. The number of aromatic nitrogens is 3. The van der Waals surface area contributed by atoms with Gasteiger partial charge in [-0.25, -0.2) is 0 Å². The number of para-hydroxylation sites is 1. The van der Waals surface area contributed by atoms with E-state index in [4.69, 9.17) is 11.6 Å². The molecule has 1 amide bonds. The zero-order chi connectivity index (χ0) is 23.4. The molecule has 2 saturated heterocycles. The van der Waals surface area contributed by atoms with Gasteiger partial charge < -0.3 is 4.90 Å². The number of carbonyl (C=O) groups is 2. The molecule has 0 radical (unpaired) electrons. The van der Waals surface area contributed by atoms with Crippen molar-refractivity contribution >= 4 is 28.9 Å². The first-order valence-electron chi connectivity index (χ1n) is 11.8. The van der Waals surface area contributed by atoms with E-state index in [2.05, 4.69) is 33.0 Å². The van der Waals surface area contributed by atoms with E-state index < -0.39 is 0 Å². The summed E-state index contributed by atoms with van der Waals surface area (Å²) < 4.78 is 2.07. The number of Topliss-reactive ketones (excluding diaryl/α,β-unsaturated/α-hetero) is 1. The lowest BCUT2D eigenvalue weighted by Gasteiger charge is -2.34. The van der Waals surface area contributed by atoms with Gasteiger partial charge in [0.05, 0.1) is 5.69 Å². The molecule has 6 nitrogen and oxygen atoms in total. The number of fused-ring (bicyclic) bond motifs is 5. The fourth-order valence-corrected chi connectivity index (χ4v) is 6.01. The maximum absolute atomic E-state index is 13.6. The number of amides is 1. The average molecular weight is 473 g/mol. The van der Waals surface area contributed by atoms with Crippen molar-refractivity contribution in [3.63, 3.8) is 0 Å². The van der Waals surface area contributed by atoms with Gasteiger partial charge in [-0.05, 0) is 49.1 Å². The van der Waals surface area contributed by atoms with Crippen LogP contribution in [0.15, 0.2) is 54.6 Å². The summed E-state index contributed by atoms with van der Waals surface area (Å²) in [6.45, 7) is 1.94. The van der Waals surface area contributed by atoms with E-state index in [1.165, 1.54) is 0 Å². The van der Waals surface area contributed by atoms with Crippen molar-refractivity contribution in [1.82, 2.24) is 19.7 Å². The van der Waals surface area contributed by atoms with E-state index in [0.29, 0.717) is 24.3 Å². The Bertz CT molecular complexity index is 1310. The summed E-state index contributed by atoms with van der Waals surface area (Å²) in [5, 5.41) is 9.57. The maximum atomic E-state index is 13.6. The highest BCUT2D eigenvalue weighted by Crippen LogP contribution is 2.40. The number of piperidine rings is 1. The van der Waals surface area contributed by atoms with Crippen molar-refractivity contribution in [2.75, 3.05) is 0 Å². The minimum absolute atomic E-state index is 0.0426. The number of allylic oxidation sites excluding steroid dienone is 1. The molecule has 0 saturated carbocycles. The van der Waals surface area contributed by atoms with Crippen LogP contribution in [0.4, 0.5) is 0 Å². The van der Waals surface area contributed by atoms with Crippen LogP contribution < -0.4 is 0 Å². The van der Waals surface area contributed by atoms with Gasteiger partial charge in [0.1, 0.15) is 17.4 Å². The summed E-state index contributed by atoms with van der Waals surface area (Å²) in [4.78, 5) is 27.7. The van der Waals surface area contributed by atoms with Gasteiger partial charge in [0.25, 0.3) is 0 Å². The quantitative estimate of drug-likeness (QED) is 0.545. The highest BCUT2D eigenvalue weighted by molar-refractivity contribution is 6.30. The van der Waals surface area contributed by atoms with Crippen molar-refractivity contribution in [1.29, 1.82) is 0 Å². The van der Waals surface area contributed by atoms with E-state index in [1.54, 1.807) is 0 Å². The number of aryl methyl sites for hydroxylation is 1. The third-order valence-corrected chi connectivity index (χ3v) is 7.62. The second-order valence-electron chi connectivity index (χ2n) is 9.49. The predicted octanol–water partition coefficient (Wildman–Crippen LogP) is 4.87. The number of hydrogen-bond donors (Lipinski definition) is 0. The van der Waals surface area contributed by atoms with Crippen LogP contribution in [0.25, 0.3) is 11.3 Å². The Kier molecular flexibility index (Phi) is 5.14. The molecule has 2 unspecified atom stereocenters. The molecule has 7 heteroatoms. The Labute approximate surface area is 203 Å². The molecule has 0 N–H and O–H groups in total. The number of halogens is 1. The lowest BCUT2D eigenvalue weighted by atomic mass is 9.92. The summed E-state index contributed by atoms with van der Waals surface area (Å²) in [6.07, 6.45) is 5.26. The Morgan fingerprint density at radius 1 is 1.03 bits per heavy atom. The van der Waals surface area contributed by atoms with Gasteiger partial charge in [0, 0.05) is 47.9 Å². The molecule has 172 valence electrons. The third kappa shape index (κ3) is 3.48. The molecule has 2 fully saturated rings. The molecule has 6 rings (SSSR count). The first kappa shape index (κ1) is 21.3. The number of rotatable bonds is 3. The minimum Gasteiger partial charge on any atom is -0.336 e. The summed E-state index contributed by atoms with van der Waals surface area (Å²) in [5.41, 5.74) is 4.15. The average Bonchev–Trinajstić information content (AvgIpc) is 3.29. The first-order valence-corrected chi connectivity index (χ1v) is 12.2. The second-order valence-corrected chi connectivity index (χ2v) is 9.93. The predicted molar refractivity (Wildman–Crippen MR) is 130 cm³/mol. The zero-order valence-corrected chi connectivity index (χ0v) is 19.7. The van der Waals surface area contributed by atoms with Gasteiger partial charge in [-0.15, -0.1) is 10.2 Å². The molecule has 0 aliphatic carbocycles.